The van der Waals surface area contributed by atoms with E-state index in [2.05, 4.69) is 6.58 Å². The molecule has 130 valence electrons. The highest BCUT2D eigenvalue weighted by Crippen LogP contribution is 2.15. The van der Waals surface area contributed by atoms with Crippen molar-refractivity contribution in [3.05, 3.63) is 91.3 Å². The first-order chi connectivity index (χ1) is 12.5. The molecule has 1 aromatic heterocycles. The summed E-state index contributed by atoms with van der Waals surface area (Å²) in [5, 5.41) is 0. The summed E-state index contributed by atoms with van der Waals surface area (Å²) in [4.78, 5) is 38.6. The maximum Gasteiger partial charge on any atom is 0.268 e. The van der Waals surface area contributed by atoms with Gasteiger partial charge in [-0.1, -0.05) is 67.2 Å². The molecule has 26 heavy (non-hydrogen) atoms. The third-order valence-corrected chi connectivity index (χ3v) is 5.04. The number of rotatable bonds is 5. The molecule has 0 spiro atoms. The summed E-state index contributed by atoms with van der Waals surface area (Å²) in [5.41, 5.74) is 0.537. The number of aromatic nitrogens is 1. The van der Waals surface area contributed by atoms with Crippen molar-refractivity contribution in [2.24, 2.45) is 0 Å². The fourth-order valence-electron chi connectivity index (χ4n) is 2.70. The van der Waals surface area contributed by atoms with Crippen LogP contribution in [0.15, 0.2) is 65.5 Å². The first kappa shape index (κ1) is 17.8. The Hall–Kier alpha value is -3.05. The predicted molar refractivity (Wildman–Crippen MR) is 104 cm³/mol. The van der Waals surface area contributed by atoms with E-state index in [0.717, 1.165) is 11.3 Å². The average Bonchev–Trinajstić information content (AvgIpc) is 2.96. The number of hydrogen-bond donors (Lipinski definition) is 0. The largest absolute Gasteiger partial charge is 0.299 e. The van der Waals surface area contributed by atoms with E-state index in [-0.39, 0.29) is 11.1 Å². The predicted octanol–water partition coefficient (Wildman–Crippen LogP) is 2.26. The Morgan fingerprint density at radius 2 is 1.38 bits per heavy atom. The van der Waals surface area contributed by atoms with Crippen LogP contribution >= 0.6 is 11.3 Å². The van der Waals surface area contributed by atoms with E-state index < -0.39 is 11.6 Å². The molecule has 0 radical (unpaired) electrons. The molecule has 0 aliphatic heterocycles. The van der Waals surface area contributed by atoms with Crippen LogP contribution in [0.3, 0.4) is 0 Å². The van der Waals surface area contributed by atoms with Crippen LogP contribution in [-0.4, -0.2) is 16.1 Å². The Kier molecular flexibility index (Phi) is 5.09. The Balaban J connectivity index is 2.35. The molecule has 0 saturated heterocycles. The molecule has 0 saturated carbocycles. The summed E-state index contributed by atoms with van der Waals surface area (Å²) in [6.45, 7) is 5.90. The number of ketones is 2. The molecule has 0 bridgehead atoms. The van der Waals surface area contributed by atoms with Crippen molar-refractivity contribution in [1.82, 2.24) is 4.57 Å². The maximum absolute atomic E-state index is 13.2. The maximum atomic E-state index is 13.2. The molecule has 3 aromatic rings. The molecular formula is C21H17NO3S. The van der Waals surface area contributed by atoms with Gasteiger partial charge in [0.25, 0.3) is 5.56 Å². The number of nitrogens with zero attached hydrogens (tertiary/aromatic N) is 1. The summed E-state index contributed by atoms with van der Waals surface area (Å²) < 4.78 is 2.09. The number of Topliss-reactive ketones (excluding diaryl/α,β-unsaturated/α-hetero) is 2. The highest BCUT2D eigenvalue weighted by Gasteiger charge is 2.24. The Bertz CT molecular complexity index is 1070. The minimum atomic E-state index is -0.400. The molecule has 4 nitrogen and oxygen atoms in total. The number of carbonyl (C=O) groups is 2. The van der Waals surface area contributed by atoms with Crippen LogP contribution in [0.4, 0.5) is 0 Å². The lowest BCUT2D eigenvalue weighted by molar-refractivity contribution is 0.0996. The first-order valence-corrected chi connectivity index (χ1v) is 8.98. The second-order valence-electron chi connectivity index (χ2n) is 5.65. The van der Waals surface area contributed by atoms with Gasteiger partial charge in [-0.2, -0.15) is 0 Å². The normalized spacial score (nSPS) is 10.5. The average molecular weight is 363 g/mol. The van der Waals surface area contributed by atoms with Crippen molar-refractivity contribution in [3.8, 4) is 0 Å². The van der Waals surface area contributed by atoms with Crippen molar-refractivity contribution in [2.45, 2.75) is 13.5 Å². The summed E-state index contributed by atoms with van der Waals surface area (Å²) in [6.07, 6.45) is 0. The van der Waals surface area contributed by atoms with Crippen LogP contribution in [0.1, 0.15) is 27.6 Å². The van der Waals surface area contributed by atoms with E-state index in [1.807, 2.05) is 0 Å². The molecule has 1 heterocycles. The monoisotopic (exact) mass is 363 g/mol. The fraction of sp³-hybridized carbons (Fsp3) is 0.0952. The van der Waals surface area contributed by atoms with Gasteiger partial charge >= 0.3 is 0 Å². The van der Waals surface area contributed by atoms with Crippen LogP contribution in [0, 0.1) is 0 Å². The third-order valence-electron chi connectivity index (χ3n) is 4.00. The smallest absolute Gasteiger partial charge is 0.268 e. The van der Waals surface area contributed by atoms with E-state index in [0.29, 0.717) is 26.9 Å². The van der Waals surface area contributed by atoms with Gasteiger partial charge in [0.2, 0.25) is 0 Å². The highest BCUT2D eigenvalue weighted by molar-refractivity contribution is 7.07. The zero-order valence-electron chi connectivity index (χ0n) is 14.3. The Morgan fingerprint density at radius 1 is 0.923 bits per heavy atom. The lowest BCUT2D eigenvalue weighted by Crippen LogP contribution is -2.33. The summed E-state index contributed by atoms with van der Waals surface area (Å²) in [6, 6.07) is 17.2. The third kappa shape index (κ3) is 3.21. The number of thiazole rings is 1. The van der Waals surface area contributed by atoms with E-state index >= 15 is 0 Å². The van der Waals surface area contributed by atoms with Gasteiger partial charge in [0, 0.05) is 17.7 Å². The molecule has 0 fully saturated rings. The molecule has 0 amide bonds. The SMILES string of the molecule is C=c1sc(=C(C(=O)c2ccccc2)C(=O)c2ccccc2)n(CC)c1=O. The summed E-state index contributed by atoms with van der Waals surface area (Å²) in [5.74, 6) is -0.800. The second kappa shape index (κ2) is 7.45. The van der Waals surface area contributed by atoms with Crippen molar-refractivity contribution < 1.29 is 9.59 Å². The van der Waals surface area contributed by atoms with Gasteiger partial charge in [-0.05, 0) is 6.92 Å². The number of hydrogen-bond acceptors (Lipinski definition) is 4. The molecule has 0 aliphatic carbocycles. The van der Waals surface area contributed by atoms with Gasteiger partial charge in [0.15, 0.2) is 11.6 Å². The zero-order chi connectivity index (χ0) is 18.7. The highest BCUT2D eigenvalue weighted by atomic mass is 32.1. The van der Waals surface area contributed by atoms with Gasteiger partial charge < -0.3 is 0 Å². The van der Waals surface area contributed by atoms with Gasteiger partial charge in [-0.15, -0.1) is 11.3 Å². The van der Waals surface area contributed by atoms with Crippen LogP contribution in [0.25, 0.3) is 12.2 Å². The fourth-order valence-corrected chi connectivity index (χ4v) is 3.74. The minimum absolute atomic E-state index is 0.00116. The Morgan fingerprint density at radius 3 is 1.81 bits per heavy atom. The van der Waals surface area contributed by atoms with Crippen molar-refractivity contribution >= 4 is 35.1 Å². The molecule has 0 N–H and O–H groups in total. The van der Waals surface area contributed by atoms with Crippen LogP contribution < -0.4 is 14.8 Å². The van der Waals surface area contributed by atoms with Crippen LogP contribution in [0.5, 0.6) is 0 Å². The van der Waals surface area contributed by atoms with Gasteiger partial charge in [0.1, 0.15) is 10.2 Å². The number of carbonyl (C=O) groups excluding carboxylic acids is 2. The quantitative estimate of drug-likeness (QED) is 0.516. The topological polar surface area (TPSA) is 56.1 Å². The Labute approximate surface area is 154 Å². The van der Waals surface area contributed by atoms with Gasteiger partial charge in [-0.25, -0.2) is 0 Å². The van der Waals surface area contributed by atoms with Crippen molar-refractivity contribution in [2.75, 3.05) is 0 Å². The number of benzene rings is 2. The van der Waals surface area contributed by atoms with E-state index in [1.54, 1.807) is 67.6 Å². The lowest BCUT2D eigenvalue weighted by Gasteiger charge is -2.07. The van der Waals surface area contributed by atoms with E-state index in [1.165, 1.54) is 4.57 Å². The zero-order valence-corrected chi connectivity index (χ0v) is 15.1. The summed E-state index contributed by atoms with van der Waals surface area (Å²) >= 11 is 1.08. The van der Waals surface area contributed by atoms with Crippen molar-refractivity contribution in [1.29, 1.82) is 0 Å². The first-order valence-electron chi connectivity index (χ1n) is 8.17. The molecule has 5 heteroatoms. The molecule has 0 aliphatic rings. The molecular weight excluding hydrogens is 346 g/mol. The van der Waals surface area contributed by atoms with Crippen molar-refractivity contribution in [3.63, 3.8) is 0 Å². The van der Waals surface area contributed by atoms with Crippen LogP contribution in [0.2, 0.25) is 0 Å². The minimum Gasteiger partial charge on any atom is -0.299 e. The molecule has 0 unspecified atom stereocenters. The molecule has 3 rings (SSSR count). The second-order valence-corrected chi connectivity index (χ2v) is 6.73. The lowest BCUT2D eigenvalue weighted by atomic mass is 9.96. The molecule has 0 atom stereocenters. The van der Waals surface area contributed by atoms with Gasteiger partial charge in [-0.3, -0.25) is 19.0 Å². The standard InChI is InChI=1S/C21H17NO3S/c1-3-22-20(25)14(2)26-21(22)17(18(23)15-10-6-4-7-11-15)19(24)16-12-8-5-9-13-16/h4-13H,2-3H2,1H3. The van der Waals surface area contributed by atoms with E-state index in [9.17, 15) is 14.4 Å². The summed E-state index contributed by atoms with van der Waals surface area (Å²) in [7, 11) is 0. The van der Waals surface area contributed by atoms with Crippen LogP contribution in [-0.2, 0) is 6.54 Å². The van der Waals surface area contributed by atoms with E-state index in [4.69, 9.17) is 0 Å². The van der Waals surface area contributed by atoms with Gasteiger partial charge in [0.05, 0.1) is 4.53 Å². The molecule has 2 aromatic carbocycles.